The van der Waals surface area contributed by atoms with Crippen molar-refractivity contribution in [2.45, 2.75) is 31.9 Å². The molecule has 2 aliphatic heterocycles. The molecule has 9 nitrogen and oxygen atoms in total. The molecule has 3 N–H and O–H groups in total. The van der Waals surface area contributed by atoms with Gasteiger partial charge in [-0.3, -0.25) is 14.5 Å². The van der Waals surface area contributed by atoms with Gasteiger partial charge in [-0.2, -0.15) is 0 Å². The van der Waals surface area contributed by atoms with Crippen LogP contribution in [0.3, 0.4) is 0 Å². The van der Waals surface area contributed by atoms with Gasteiger partial charge in [0.25, 0.3) is 0 Å². The molecule has 11 heteroatoms. The summed E-state index contributed by atoms with van der Waals surface area (Å²) in [5.41, 5.74) is 2.29. The third-order valence-corrected chi connectivity index (χ3v) is 7.65. The first kappa shape index (κ1) is 26.9. The maximum atomic E-state index is 15.2. The highest BCUT2D eigenvalue weighted by molar-refractivity contribution is 6.13. The number of pyridine rings is 1. The molecule has 2 amide bonds. The summed E-state index contributed by atoms with van der Waals surface area (Å²) in [6, 6.07) is 11.3. The number of carbonyl (C=O) groups excluding carboxylic acids is 2. The fourth-order valence-electron chi connectivity index (χ4n) is 5.43. The Balaban J connectivity index is 1.14. The lowest BCUT2D eigenvalue weighted by atomic mass is 10.1. The number of hydrogen-bond donors (Lipinski definition) is 3. The molecule has 0 saturated carbocycles. The van der Waals surface area contributed by atoms with Crippen LogP contribution in [-0.4, -0.2) is 57.5 Å². The molecule has 2 aromatic carbocycles. The Morgan fingerprint density at radius 3 is 2.59 bits per heavy atom. The first-order valence-electron chi connectivity index (χ1n) is 13.6. The van der Waals surface area contributed by atoms with E-state index in [1.807, 2.05) is 6.20 Å². The number of nitrogens with one attached hydrogen (secondary N) is 2. The molecular weight excluding hydrogens is 532 g/mol. The number of H-pyrrole nitrogens is 1. The van der Waals surface area contributed by atoms with Crippen LogP contribution in [0, 0.1) is 17.6 Å². The van der Waals surface area contributed by atoms with Crippen LogP contribution >= 0.6 is 0 Å². The van der Waals surface area contributed by atoms with E-state index in [0.717, 1.165) is 42.9 Å². The van der Waals surface area contributed by atoms with Crippen LogP contribution in [0.15, 0.2) is 60.9 Å². The van der Waals surface area contributed by atoms with E-state index in [1.54, 1.807) is 12.3 Å². The van der Waals surface area contributed by atoms with Gasteiger partial charge >= 0.3 is 0 Å². The van der Waals surface area contributed by atoms with Gasteiger partial charge in [-0.15, -0.1) is 0 Å². The average molecular weight is 562 g/mol. The third kappa shape index (κ3) is 5.63. The van der Waals surface area contributed by atoms with Crippen LogP contribution in [0.1, 0.15) is 24.8 Å². The van der Waals surface area contributed by atoms with E-state index in [9.17, 15) is 19.1 Å². The monoisotopic (exact) mass is 561 g/mol. The van der Waals surface area contributed by atoms with Gasteiger partial charge in [-0.05, 0) is 67.3 Å². The zero-order valence-corrected chi connectivity index (χ0v) is 22.1. The Bertz CT molecular complexity index is 1580. The summed E-state index contributed by atoms with van der Waals surface area (Å²) in [7, 11) is 0. The predicted octanol–water partition coefficient (Wildman–Crippen LogP) is 4.58. The number of aromatic amines is 1. The van der Waals surface area contributed by atoms with Crippen LogP contribution < -0.4 is 15.0 Å². The molecule has 2 saturated heterocycles. The van der Waals surface area contributed by atoms with Crippen molar-refractivity contribution in [3.63, 3.8) is 0 Å². The highest BCUT2D eigenvalue weighted by Crippen LogP contribution is 2.34. The minimum atomic E-state index is -0.931. The summed E-state index contributed by atoms with van der Waals surface area (Å²) in [6.45, 7) is 2.53. The zero-order valence-electron chi connectivity index (χ0n) is 22.1. The van der Waals surface area contributed by atoms with E-state index in [2.05, 4.69) is 20.2 Å². The molecular formula is C30H29F2N5O4. The number of fused-ring (bicyclic) bond motifs is 1. The van der Waals surface area contributed by atoms with Crippen molar-refractivity contribution >= 4 is 34.2 Å². The van der Waals surface area contributed by atoms with Crippen molar-refractivity contribution in [2.24, 2.45) is 5.92 Å². The quantitative estimate of drug-likeness (QED) is 0.285. The number of hydrogen-bond acceptors (Lipinski definition) is 6. The first-order valence-corrected chi connectivity index (χ1v) is 13.6. The number of piperidine rings is 1. The lowest BCUT2D eigenvalue weighted by Gasteiger charge is -2.29. The van der Waals surface area contributed by atoms with E-state index < -0.39 is 23.5 Å². The first-order chi connectivity index (χ1) is 19.9. The predicted molar refractivity (Wildman–Crippen MR) is 149 cm³/mol. The van der Waals surface area contributed by atoms with Crippen molar-refractivity contribution in [2.75, 3.05) is 29.9 Å². The van der Waals surface area contributed by atoms with Crippen LogP contribution in [0.5, 0.6) is 11.5 Å². The fraction of sp³-hybridized carbons (Fsp3) is 0.300. The smallest absolute Gasteiger partial charge is 0.239 e. The molecule has 1 atom stereocenters. The molecule has 4 heterocycles. The lowest BCUT2D eigenvalue weighted by Crippen LogP contribution is -2.35. The standard InChI is InChI=1S/C30H29F2N5O4/c31-19-1-4-21(5-2-19)37-14-10-23(30(37)40)29(39)35-20-3-6-25(24(32)15-20)41-26-7-11-33-28-27(26)18(16-34-28)17-36-12-8-22(38)9-13-36/h1-7,11,15-16,22-23,38H,8-10,12-14,17H2,(H,33,34)(H,35,39). The number of likely N-dealkylation sites (tertiary alicyclic amines) is 1. The van der Waals surface area contributed by atoms with Crippen LogP contribution in [0.25, 0.3) is 11.0 Å². The van der Waals surface area contributed by atoms with Crippen molar-refractivity contribution < 1.29 is 28.2 Å². The molecule has 0 aliphatic carbocycles. The zero-order chi connectivity index (χ0) is 28.5. The van der Waals surface area contributed by atoms with Gasteiger partial charge in [0.05, 0.1) is 11.5 Å². The average Bonchev–Trinajstić information content (AvgIpc) is 3.56. The number of ether oxygens (including phenoxy) is 1. The minimum Gasteiger partial charge on any atom is -0.453 e. The number of aromatic nitrogens is 2. The Labute approximate surface area is 234 Å². The molecule has 2 aromatic heterocycles. The topological polar surface area (TPSA) is 111 Å². The molecule has 2 fully saturated rings. The molecule has 6 rings (SSSR count). The van der Waals surface area contributed by atoms with Gasteiger partial charge in [0.15, 0.2) is 11.6 Å². The highest BCUT2D eigenvalue weighted by atomic mass is 19.1. The van der Waals surface area contributed by atoms with Gasteiger partial charge in [-0.1, -0.05) is 0 Å². The molecule has 212 valence electrons. The summed E-state index contributed by atoms with van der Waals surface area (Å²) in [5, 5.41) is 13.2. The van der Waals surface area contributed by atoms with E-state index >= 15 is 4.39 Å². The Hall–Kier alpha value is -4.35. The molecule has 0 radical (unpaired) electrons. The van der Waals surface area contributed by atoms with Crippen molar-refractivity contribution in [3.8, 4) is 11.5 Å². The number of amides is 2. The SMILES string of the molecule is O=C(Nc1ccc(Oc2ccnc3[nH]cc(CN4CCC(O)CC4)c23)c(F)c1)C1CCN(c2ccc(F)cc2)C1=O. The van der Waals surface area contributed by atoms with Crippen LogP contribution in [-0.2, 0) is 16.1 Å². The van der Waals surface area contributed by atoms with Gasteiger partial charge < -0.3 is 25.0 Å². The maximum absolute atomic E-state index is 15.2. The second-order valence-corrected chi connectivity index (χ2v) is 10.4. The van der Waals surface area contributed by atoms with Crippen LogP contribution in [0.4, 0.5) is 20.2 Å². The van der Waals surface area contributed by atoms with E-state index in [1.165, 1.54) is 41.3 Å². The van der Waals surface area contributed by atoms with Gasteiger partial charge in [0.2, 0.25) is 11.8 Å². The lowest BCUT2D eigenvalue weighted by molar-refractivity contribution is -0.129. The number of rotatable bonds is 7. The number of aliphatic hydroxyl groups excluding tert-OH is 1. The number of anilines is 2. The molecule has 0 spiro atoms. The second-order valence-electron chi connectivity index (χ2n) is 10.4. The number of benzene rings is 2. The Morgan fingerprint density at radius 1 is 1.05 bits per heavy atom. The van der Waals surface area contributed by atoms with Crippen LogP contribution in [0.2, 0.25) is 0 Å². The minimum absolute atomic E-state index is 0.0248. The fourth-order valence-corrected chi connectivity index (χ4v) is 5.43. The van der Waals surface area contributed by atoms with Gasteiger partial charge in [-0.25, -0.2) is 13.8 Å². The molecule has 1 unspecified atom stereocenters. The third-order valence-electron chi connectivity index (χ3n) is 7.65. The number of carbonyl (C=O) groups is 2. The summed E-state index contributed by atoms with van der Waals surface area (Å²) >= 11 is 0. The van der Waals surface area contributed by atoms with Crippen molar-refractivity contribution in [1.29, 1.82) is 0 Å². The number of halogens is 2. The summed E-state index contributed by atoms with van der Waals surface area (Å²) in [6.07, 6.45) is 4.92. The number of nitrogens with zero attached hydrogens (tertiary/aromatic N) is 3. The summed E-state index contributed by atoms with van der Waals surface area (Å²) in [4.78, 5) is 36.9. The molecule has 41 heavy (non-hydrogen) atoms. The summed E-state index contributed by atoms with van der Waals surface area (Å²) < 4.78 is 34.4. The van der Waals surface area contributed by atoms with E-state index in [-0.39, 0.29) is 23.4 Å². The Kier molecular flexibility index (Phi) is 7.38. The maximum Gasteiger partial charge on any atom is 0.239 e. The van der Waals surface area contributed by atoms with E-state index in [4.69, 9.17) is 4.74 Å². The van der Waals surface area contributed by atoms with Crippen molar-refractivity contribution in [1.82, 2.24) is 14.9 Å². The van der Waals surface area contributed by atoms with Gasteiger partial charge in [0, 0.05) is 56.0 Å². The molecule has 0 bridgehead atoms. The summed E-state index contributed by atoms with van der Waals surface area (Å²) in [5.74, 6) is -2.53. The normalized spacial score (nSPS) is 18.3. The van der Waals surface area contributed by atoms with Gasteiger partial charge in [0.1, 0.15) is 23.1 Å². The Morgan fingerprint density at radius 2 is 1.83 bits per heavy atom. The highest BCUT2D eigenvalue weighted by Gasteiger charge is 2.37. The van der Waals surface area contributed by atoms with E-state index in [0.29, 0.717) is 36.6 Å². The largest absolute Gasteiger partial charge is 0.453 e. The molecule has 2 aliphatic rings. The second kappa shape index (κ2) is 11.3. The molecule has 4 aromatic rings. The number of aliphatic hydroxyl groups is 1. The van der Waals surface area contributed by atoms with Crippen molar-refractivity contribution in [3.05, 3.63) is 78.1 Å².